The number of benzene rings is 1. The smallest absolute Gasteiger partial charge is 0.136 e. The summed E-state index contributed by atoms with van der Waals surface area (Å²) in [5.74, 6) is -0.578. The highest BCUT2D eigenvalue weighted by molar-refractivity contribution is 8.22. The molecular weight excluding hydrogens is 352 g/mol. The Hall–Kier alpha value is -1.58. The van der Waals surface area contributed by atoms with E-state index >= 15 is 0 Å². The molecule has 0 aliphatic carbocycles. The van der Waals surface area contributed by atoms with Gasteiger partial charge in [0.05, 0.1) is 12.2 Å². The second-order valence-corrected chi connectivity index (χ2v) is 7.01. The molecule has 0 bridgehead atoms. The van der Waals surface area contributed by atoms with E-state index in [1.807, 2.05) is 0 Å². The van der Waals surface area contributed by atoms with Crippen molar-refractivity contribution in [1.82, 2.24) is 25.2 Å². The first kappa shape index (κ1) is 17.2. The minimum Gasteiger partial charge on any atom is -0.355 e. The van der Waals surface area contributed by atoms with Crippen molar-refractivity contribution < 1.29 is 8.78 Å². The highest BCUT2D eigenvalue weighted by Gasteiger charge is 2.15. The minimum atomic E-state index is -0.582. The number of piperazine rings is 1. The van der Waals surface area contributed by atoms with Gasteiger partial charge in [0.2, 0.25) is 0 Å². The Morgan fingerprint density at radius 1 is 1.25 bits per heavy atom. The number of thioether (sulfide) groups is 1. The first-order valence-corrected chi connectivity index (χ1v) is 8.97. The SMILES string of the molecule is Fc1cccc(F)c1Cn1cc(CSC(=S)N2CCNCC2)nn1. The summed E-state index contributed by atoms with van der Waals surface area (Å²) < 4.78 is 29.6. The van der Waals surface area contributed by atoms with Crippen LogP contribution in [0.3, 0.4) is 0 Å². The molecule has 1 N–H and O–H groups in total. The van der Waals surface area contributed by atoms with Gasteiger partial charge in [0.25, 0.3) is 0 Å². The fourth-order valence-electron chi connectivity index (χ4n) is 2.40. The van der Waals surface area contributed by atoms with Crippen LogP contribution in [0.1, 0.15) is 11.3 Å². The molecule has 0 spiro atoms. The molecule has 128 valence electrons. The van der Waals surface area contributed by atoms with Crippen molar-refractivity contribution in [1.29, 1.82) is 0 Å². The number of halogens is 2. The maximum Gasteiger partial charge on any atom is 0.136 e. The molecule has 3 rings (SSSR count). The zero-order valence-corrected chi connectivity index (χ0v) is 14.5. The van der Waals surface area contributed by atoms with Crippen LogP contribution < -0.4 is 5.32 Å². The fraction of sp³-hybridized carbons (Fsp3) is 0.400. The summed E-state index contributed by atoms with van der Waals surface area (Å²) in [6.07, 6.45) is 1.69. The van der Waals surface area contributed by atoms with Gasteiger partial charge in [-0.3, -0.25) is 0 Å². The average Bonchev–Trinajstić information content (AvgIpc) is 3.04. The predicted molar refractivity (Wildman–Crippen MR) is 93.8 cm³/mol. The van der Waals surface area contributed by atoms with Crippen molar-refractivity contribution in [3.63, 3.8) is 0 Å². The molecule has 1 aliphatic rings. The van der Waals surface area contributed by atoms with Crippen molar-refractivity contribution in [2.75, 3.05) is 26.2 Å². The third kappa shape index (κ3) is 4.28. The quantitative estimate of drug-likeness (QED) is 0.832. The molecule has 24 heavy (non-hydrogen) atoms. The summed E-state index contributed by atoms with van der Waals surface area (Å²) in [6, 6.07) is 3.81. The van der Waals surface area contributed by atoms with E-state index < -0.39 is 11.6 Å². The number of rotatable bonds is 4. The second-order valence-electron chi connectivity index (χ2n) is 5.40. The molecule has 2 aromatic rings. The third-order valence-electron chi connectivity index (χ3n) is 3.69. The Kier molecular flexibility index (Phi) is 5.75. The van der Waals surface area contributed by atoms with Crippen molar-refractivity contribution >= 4 is 28.3 Å². The van der Waals surface area contributed by atoms with Crippen LogP contribution in [-0.2, 0) is 12.3 Å². The van der Waals surface area contributed by atoms with Gasteiger partial charge in [-0.1, -0.05) is 35.3 Å². The Labute approximate surface area is 148 Å². The van der Waals surface area contributed by atoms with Gasteiger partial charge >= 0.3 is 0 Å². The van der Waals surface area contributed by atoms with Crippen LogP contribution in [0.15, 0.2) is 24.4 Å². The lowest BCUT2D eigenvalue weighted by Gasteiger charge is -2.28. The van der Waals surface area contributed by atoms with E-state index in [-0.39, 0.29) is 12.1 Å². The molecule has 1 fully saturated rings. The lowest BCUT2D eigenvalue weighted by molar-refractivity contribution is 0.368. The van der Waals surface area contributed by atoms with E-state index in [9.17, 15) is 8.78 Å². The summed E-state index contributed by atoms with van der Waals surface area (Å²) in [4.78, 5) is 2.16. The predicted octanol–water partition coefficient (Wildman–Crippen LogP) is 2.03. The van der Waals surface area contributed by atoms with E-state index in [0.717, 1.165) is 36.2 Å². The molecular formula is C15H17F2N5S2. The highest BCUT2D eigenvalue weighted by atomic mass is 32.2. The summed E-state index contributed by atoms with van der Waals surface area (Å²) in [7, 11) is 0. The maximum absolute atomic E-state index is 13.7. The van der Waals surface area contributed by atoms with Crippen LogP contribution in [0.25, 0.3) is 0 Å². The molecule has 0 radical (unpaired) electrons. The standard InChI is InChI=1S/C15H17F2N5S2/c16-13-2-1-3-14(17)12(13)9-22-8-11(19-20-22)10-24-15(23)21-6-4-18-5-7-21/h1-3,8,18H,4-7,9-10H2. The molecule has 1 aromatic heterocycles. The monoisotopic (exact) mass is 369 g/mol. The molecule has 0 atom stereocenters. The van der Waals surface area contributed by atoms with Crippen molar-refractivity contribution in [2.24, 2.45) is 0 Å². The molecule has 9 heteroatoms. The summed E-state index contributed by atoms with van der Waals surface area (Å²) >= 11 is 6.95. The second kappa shape index (κ2) is 8.00. The number of aromatic nitrogens is 3. The maximum atomic E-state index is 13.7. The number of hydrogen-bond donors (Lipinski definition) is 1. The average molecular weight is 369 g/mol. The van der Waals surface area contributed by atoms with Crippen LogP contribution in [-0.4, -0.2) is 50.4 Å². The van der Waals surface area contributed by atoms with Crippen LogP contribution in [0, 0.1) is 11.6 Å². The van der Waals surface area contributed by atoms with Gasteiger partial charge in [-0.2, -0.15) is 0 Å². The minimum absolute atomic E-state index is 0.0123. The summed E-state index contributed by atoms with van der Waals surface area (Å²) in [5.41, 5.74) is 0.715. The zero-order chi connectivity index (χ0) is 16.9. The molecule has 1 aliphatic heterocycles. The van der Waals surface area contributed by atoms with Gasteiger partial charge in [0, 0.05) is 43.7 Å². The van der Waals surface area contributed by atoms with E-state index in [1.54, 1.807) is 6.20 Å². The van der Waals surface area contributed by atoms with Crippen LogP contribution in [0.5, 0.6) is 0 Å². The Morgan fingerprint density at radius 3 is 2.67 bits per heavy atom. The largest absolute Gasteiger partial charge is 0.355 e. The summed E-state index contributed by atoms with van der Waals surface area (Å²) in [6.45, 7) is 3.70. The molecule has 1 saturated heterocycles. The normalized spacial score (nSPS) is 14.8. The van der Waals surface area contributed by atoms with Gasteiger partial charge < -0.3 is 10.2 Å². The van der Waals surface area contributed by atoms with Gasteiger partial charge in [0.1, 0.15) is 16.0 Å². The summed E-state index contributed by atoms with van der Waals surface area (Å²) in [5, 5.41) is 11.3. The van der Waals surface area contributed by atoms with Gasteiger partial charge in [-0.25, -0.2) is 13.5 Å². The van der Waals surface area contributed by atoms with E-state index in [1.165, 1.54) is 34.6 Å². The molecule has 0 saturated carbocycles. The number of nitrogens with zero attached hydrogens (tertiary/aromatic N) is 4. The molecule has 1 aromatic carbocycles. The van der Waals surface area contributed by atoms with E-state index in [0.29, 0.717) is 5.75 Å². The van der Waals surface area contributed by atoms with Crippen LogP contribution >= 0.6 is 24.0 Å². The number of thiocarbonyl (C=S) groups is 1. The molecule has 0 amide bonds. The van der Waals surface area contributed by atoms with E-state index in [4.69, 9.17) is 12.2 Å². The molecule has 2 heterocycles. The topological polar surface area (TPSA) is 46.0 Å². The van der Waals surface area contributed by atoms with E-state index in [2.05, 4.69) is 20.5 Å². The Balaban J connectivity index is 1.56. The number of nitrogens with one attached hydrogen (secondary N) is 1. The lowest BCUT2D eigenvalue weighted by atomic mass is 10.2. The fourth-order valence-corrected chi connectivity index (χ4v) is 3.53. The highest BCUT2D eigenvalue weighted by Crippen LogP contribution is 2.17. The Morgan fingerprint density at radius 2 is 1.96 bits per heavy atom. The van der Waals surface area contributed by atoms with Crippen molar-refractivity contribution in [3.05, 3.63) is 47.3 Å². The first-order valence-electron chi connectivity index (χ1n) is 7.58. The lowest BCUT2D eigenvalue weighted by Crippen LogP contribution is -2.44. The number of hydrogen-bond acceptors (Lipinski definition) is 5. The van der Waals surface area contributed by atoms with Gasteiger partial charge in [0.15, 0.2) is 0 Å². The van der Waals surface area contributed by atoms with Crippen LogP contribution in [0.2, 0.25) is 0 Å². The van der Waals surface area contributed by atoms with Crippen LogP contribution in [0.4, 0.5) is 8.78 Å². The first-order chi connectivity index (χ1) is 11.6. The van der Waals surface area contributed by atoms with Crippen molar-refractivity contribution in [2.45, 2.75) is 12.3 Å². The third-order valence-corrected chi connectivity index (χ3v) is 5.24. The Bertz CT molecular complexity index is 695. The zero-order valence-electron chi connectivity index (χ0n) is 12.9. The van der Waals surface area contributed by atoms with Gasteiger partial charge in [-0.05, 0) is 12.1 Å². The molecule has 0 unspecified atom stereocenters. The van der Waals surface area contributed by atoms with Crippen molar-refractivity contribution in [3.8, 4) is 0 Å². The van der Waals surface area contributed by atoms with Gasteiger partial charge in [-0.15, -0.1) is 5.10 Å². The molecule has 5 nitrogen and oxygen atoms in total.